The van der Waals surface area contributed by atoms with Crippen LogP contribution in [-0.4, -0.2) is 84.5 Å². The highest BCUT2D eigenvalue weighted by molar-refractivity contribution is 5.84. The molecule has 2 atom stereocenters. The molecule has 0 spiro atoms. The summed E-state index contributed by atoms with van der Waals surface area (Å²) in [5, 5.41) is 0. The average Bonchev–Trinajstić information content (AvgIpc) is 3.54. The predicted molar refractivity (Wildman–Crippen MR) is 107 cm³/mol. The van der Waals surface area contributed by atoms with Crippen LogP contribution in [0.5, 0.6) is 11.5 Å². The lowest BCUT2D eigenvalue weighted by Crippen LogP contribution is -2.48. The Labute approximate surface area is 171 Å². The monoisotopic (exact) mass is 399 g/mol. The molecule has 1 aromatic rings. The molecule has 2 amide bonds. The van der Waals surface area contributed by atoms with Crippen LogP contribution in [0, 0.1) is 5.92 Å². The first-order chi connectivity index (χ1) is 14.2. The molecule has 0 bridgehead atoms. The number of ether oxygens (including phenoxy) is 2. The highest BCUT2D eigenvalue weighted by Crippen LogP contribution is 2.33. The molecule has 5 rings (SSSR count). The molecule has 1 aliphatic carbocycles. The Morgan fingerprint density at radius 2 is 1.83 bits per heavy atom. The van der Waals surface area contributed by atoms with E-state index in [-0.39, 0.29) is 24.5 Å². The molecule has 2 saturated heterocycles. The van der Waals surface area contributed by atoms with E-state index in [4.69, 9.17) is 9.47 Å². The molecule has 156 valence electrons. The summed E-state index contributed by atoms with van der Waals surface area (Å²) in [5.74, 6) is 2.32. The van der Waals surface area contributed by atoms with Crippen LogP contribution in [-0.2, 0) is 9.59 Å². The molecule has 4 aliphatic rings. The summed E-state index contributed by atoms with van der Waals surface area (Å²) in [6, 6.07) is 7.45. The molecule has 3 fully saturated rings. The molecule has 7 heteroatoms. The number of carbonyl (C=O) groups excluding carboxylic acids is 2. The van der Waals surface area contributed by atoms with Crippen LogP contribution in [0.2, 0.25) is 0 Å². The number of likely N-dealkylation sites (tertiary alicyclic amines) is 1. The molecule has 3 heterocycles. The van der Waals surface area contributed by atoms with E-state index in [2.05, 4.69) is 9.80 Å². The number of carbonyl (C=O) groups is 2. The van der Waals surface area contributed by atoms with Crippen LogP contribution >= 0.6 is 0 Å². The third-order valence-electron chi connectivity index (χ3n) is 6.51. The number of rotatable bonds is 4. The molecular weight excluding hydrogens is 370 g/mol. The maximum absolute atomic E-state index is 13.0. The van der Waals surface area contributed by atoms with E-state index >= 15 is 0 Å². The fraction of sp³-hybridized carbons (Fsp3) is 0.636. The quantitative estimate of drug-likeness (QED) is 0.765. The topological polar surface area (TPSA) is 62.3 Å². The van der Waals surface area contributed by atoms with E-state index in [0.717, 1.165) is 44.9 Å². The summed E-state index contributed by atoms with van der Waals surface area (Å²) >= 11 is 0. The Morgan fingerprint density at radius 1 is 1.00 bits per heavy atom. The number of para-hydroxylation sites is 2. The number of nitrogens with zero attached hydrogens (tertiary/aromatic N) is 3. The average molecular weight is 399 g/mol. The lowest BCUT2D eigenvalue weighted by Gasteiger charge is -2.30. The van der Waals surface area contributed by atoms with Crippen molar-refractivity contribution in [2.75, 3.05) is 45.9 Å². The third-order valence-corrected chi connectivity index (χ3v) is 6.51. The van der Waals surface area contributed by atoms with Gasteiger partial charge in [-0.3, -0.25) is 14.5 Å². The number of fused-ring (bicyclic) bond motifs is 1. The SMILES string of the molecule is O=C([C@@H]1COc2ccccc2O1)N1CCCN([C@@H]2CCN(CC3CC3)C2=O)CC1. The molecule has 1 aromatic carbocycles. The van der Waals surface area contributed by atoms with E-state index in [1.165, 1.54) is 12.8 Å². The van der Waals surface area contributed by atoms with Crippen molar-refractivity contribution in [1.82, 2.24) is 14.7 Å². The van der Waals surface area contributed by atoms with Crippen LogP contribution in [0.1, 0.15) is 25.7 Å². The maximum Gasteiger partial charge on any atom is 0.267 e. The molecule has 0 unspecified atom stereocenters. The lowest BCUT2D eigenvalue weighted by atomic mass is 10.2. The Hall–Kier alpha value is -2.28. The van der Waals surface area contributed by atoms with Gasteiger partial charge in [0.25, 0.3) is 5.91 Å². The van der Waals surface area contributed by atoms with Crippen molar-refractivity contribution in [3.8, 4) is 11.5 Å². The number of hydrogen-bond donors (Lipinski definition) is 0. The van der Waals surface area contributed by atoms with Gasteiger partial charge in [0, 0.05) is 39.3 Å². The Morgan fingerprint density at radius 3 is 2.66 bits per heavy atom. The van der Waals surface area contributed by atoms with Crippen molar-refractivity contribution in [3.05, 3.63) is 24.3 Å². The van der Waals surface area contributed by atoms with Crippen LogP contribution in [0.25, 0.3) is 0 Å². The van der Waals surface area contributed by atoms with Crippen molar-refractivity contribution in [1.29, 1.82) is 0 Å². The van der Waals surface area contributed by atoms with Gasteiger partial charge in [-0.1, -0.05) is 12.1 Å². The Kier molecular flexibility index (Phi) is 5.08. The molecule has 1 saturated carbocycles. The summed E-state index contributed by atoms with van der Waals surface area (Å²) in [6.07, 6.45) is 3.73. The molecular formula is C22H29N3O4. The maximum atomic E-state index is 13.0. The van der Waals surface area contributed by atoms with Crippen molar-refractivity contribution < 1.29 is 19.1 Å². The van der Waals surface area contributed by atoms with Gasteiger partial charge in [-0.05, 0) is 43.7 Å². The summed E-state index contributed by atoms with van der Waals surface area (Å²) in [4.78, 5) is 32.1. The molecule has 29 heavy (non-hydrogen) atoms. The van der Waals surface area contributed by atoms with Gasteiger partial charge in [0.15, 0.2) is 11.5 Å². The van der Waals surface area contributed by atoms with Crippen LogP contribution < -0.4 is 9.47 Å². The van der Waals surface area contributed by atoms with E-state index < -0.39 is 6.10 Å². The Bertz CT molecular complexity index is 781. The van der Waals surface area contributed by atoms with Gasteiger partial charge in [-0.2, -0.15) is 0 Å². The van der Waals surface area contributed by atoms with Crippen molar-refractivity contribution in [3.63, 3.8) is 0 Å². The fourth-order valence-electron chi connectivity index (χ4n) is 4.67. The van der Waals surface area contributed by atoms with E-state index in [1.807, 2.05) is 29.2 Å². The number of hydrogen-bond acceptors (Lipinski definition) is 5. The molecule has 0 aromatic heterocycles. The van der Waals surface area contributed by atoms with Crippen molar-refractivity contribution in [2.24, 2.45) is 5.92 Å². The largest absolute Gasteiger partial charge is 0.485 e. The number of benzene rings is 1. The smallest absolute Gasteiger partial charge is 0.267 e. The normalized spacial score (nSPS) is 27.8. The van der Waals surface area contributed by atoms with Crippen LogP contribution in [0.4, 0.5) is 0 Å². The minimum absolute atomic E-state index is 0.00931. The molecule has 7 nitrogen and oxygen atoms in total. The van der Waals surface area contributed by atoms with Gasteiger partial charge >= 0.3 is 0 Å². The van der Waals surface area contributed by atoms with Crippen molar-refractivity contribution >= 4 is 11.8 Å². The zero-order valence-corrected chi connectivity index (χ0v) is 16.8. The van der Waals surface area contributed by atoms with Gasteiger partial charge in [0.1, 0.15) is 6.61 Å². The summed E-state index contributed by atoms with van der Waals surface area (Å²) in [7, 11) is 0. The van der Waals surface area contributed by atoms with Gasteiger partial charge < -0.3 is 19.3 Å². The van der Waals surface area contributed by atoms with Gasteiger partial charge in [-0.25, -0.2) is 0 Å². The zero-order chi connectivity index (χ0) is 19.8. The minimum atomic E-state index is -0.599. The summed E-state index contributed by atoms with van der Waals surface area (Å²) < 4.78 is 11.6. The molecule has 0 N–H and O–H groups in total. The fourth-order valence-corrected chi connectivity index (χ4v) is 4.67. The second-order valence-corrected chi connectivity index (χ2v) is 8.61. The first kappa shape index (κ1) is 18.7. The zero-order valence-electron chi connectivity index (χ0n) is 16.8. The van der Waals surface area contributed by atoms with Gasteiger partial charge in [0.2, 0.25) is 12.0 Å². The van der Waals surface area contributed by atoms with Crippen LogP contribution in [0.15, 0.2) is 24.3 Å². The van der Waals surface area contributed by atoms with E-state index in [1.54, 1.807) is 0 Å². The summed E-state index contributed by atoms with van der Waals surface area (Å²) in [5.41, 5.74) is 0. The lowest BCUT2D eigenvalue weighted by molar-refractivity contribution is -0.141. The minimum Gasteiger partial charge on any atom is -0.485 e. The highest BCUT2D eigenvalue weighted by Gasteiger charge is 2.39. The second kappa shape index (κ2) is 7.86. The van der Waals surface area contributed by atoms with Gasteiger partial charge in [-0.15, -0.1) is 0 Å². The first-order valence-corrected chi connectivity index (χ1v) is 10.9. The van der Waals surface area contributed by atoms with Crippen molar-refractivity contribution in [2.45, 2.75) is 37.8 Å². The third kappa shape index (κ3) is 3.92. The van der Waals surface area contributed by atoms with Gasteiger partial charge in [0.05, 0.1) is 6.04 Å². The Balaban J connectivity index is 1.17. The summed E-state index contributed by atoms with van der Waals surface area (Å²) in [6.45, 7) is 5.00. The second-order valence-electron chi connectivity index (χ2n) is 8.61. The molecule has 0 radical (unpaired) electrons. The van der Waals surface area contributed by atoms with E-state index in [0.29, 0.717) is 24.6 Å². The number of amides is 2. The van der Waals surface area contributed by atoms with E-state index in [9.17, 15) is 9.59 Å². The highest BCUT2D eigenvalue weighted by atomic mass is 16.6. The molecule has 3 aliphatic heterocycles. The standard InChI is InChI=1S/C22H29N3O4/c26-21-17(8-11-25(21)14-16-6-7-16)23-9-3-10-24(13-12-23)22(27)20-15-28-18-4-1-2-5-19(18)29-20/h1-2,4-5,16-17,20H,3,6-15H2/t17-,20+/m1/s1. The predicted octanol–water partition coefficient (Wildman–Crippen LogP) is 1.37. The van der Waals surface area contributed by atoms with Crippen LogP contribution in [0.3, 0.4) is 0 Å². The first-order valence-electron chi connectivity index (χ1n) is 10.9.